The molecule has 0 radical (unpaired) electrons. The van der Waals surface area contributed by atoms with Gasteiger partial charge in [-0.05, 0) is 40.5 Å². The van der Waals surface area contributed by atoms with Crippen LogP contribution < -0.4 is 0 Å². The molecular weight excluding hydrogens is 284 g/mol. The summed E-state index contributed by atoms with van der Waals surface area (Å²) in [5, 5.41) is 0. The molecule has 96 valence electrons. The third-order valence-corrected chi connectivity index (χ3v) is 4.43. The van der Waals surface area contributed by atoms with Gasteiger partial charge in [0, 0.05) is 4.47 Å². The predicted octanol–water partition coefficient (Wildman–Crippen LogP) is 6.04. The average molecular weight is 305 g/mol. The van der Waals surface area contributed by atoms with Crippen LogP contribution in [0.1, 0.15) is 62.6 Å². The van der Waals surface area contributed by atoms with Crippen molar-refractivity contribution in [1.82, 2.24) is 0 Å². The maximum atomic E-state index is 3.79. The molecule has 0 fully saturated rings. The van der Waals surface area contributed by atoms with Gasteiger partial charge in [0.2, 0.25) is 0 Å². The molecule has 1 aromatic rings. The molecule has 0 spiro atoms. The summed E-state index contributed by atoms with van der Waals surface area (Å²) in [4.78, 5) is 0. The molecular formula is C17H21Br. The highest BCUT2D eigenvalue weighted by atomic mass is 79.9. The smallest absolute Gasteiger partial charge is 0.0244 e. The van der Waals surface area contributed by atoms with E-state index in [9.17, 15) is 0 Å². The molecule has 0 saturated carbocycles. The molecule has 0 unspecified atom stereocenters. The fourth-order valence-electron chi connectivity index (χ4n) is 2.36. The molecule has 1 aliphatic carbocycles. The zero-order chi connectivity index (χ0) is 13.3. The molecule has 18 heavy (non-hydrogen) atoms. The van der Waals surface area contributed by atoms with Gasteiger partial charge in [-0.25, -0.2) is 0 Å². The lowest BCUT2D eigenvalue weighted by atomic mass is 9.90. The molecule has 0 atom stereocenters. The van der Waals surface area contributed by atoms with Gasteiger partial charge >= 0.3 is 0 Å². The van der Waals surface area contributed by atoms with E-state index in [1.165, 1.54) is 26.7 Å². The van der Waals surface area contributed by atoms with Crippen molar-refractivity contribution in [2.75, 3.05) is 0 Å². The van der Waals surface area contributed by atoms with Gasteiger partial charge in [-0.3, -0.25) is 0 Å². The average Bonchev–Trinajstić information content (AvgIpc) is 2.82. The van der Waals surface area contributed by atoms with Gasteiger partial charge in [-0.1, -0.05) is 74.0 Å². The second kappa shape index (κ2) is 5.44. The van der Waals surface area contributed by atoms with Crippen LogP contribution in [0.2, 0.25) is 0 Å². The fraction of sp³-hybridized carbons (Fsp3) is 0.412. The quantitative estimate of drug-likeness (QED) is 0.638. The number of benzene rings is 1. The lowest BCUT2D eigenvalue weighted by Gasteiger charge is -2.18. The van der Waals surface area contributed by atoms with E-state index in [1.807, 2.05) is 0 Å². The van der Waals surface area contributed by atoms with E-state index in [0.29, 0.717) is 11.8 Å². The summed E-state index contributed by atoms with van der Waals surface area (Å²) in [6.07, 6.45) is 7.68. The Morgan fingerprint density at radius 1 is 1.00 bits per heavy atom. The van der Waals surface area contributed by atoms with Crippen LogP contribution in [-0.4, -0.2) is 0 Å². The summed E-state index contributed by atoms with van der Waals surface area (Å²) < 4.78 is 1.29. The Morgan fingerprint density at radius 2 is 1.56 bits per heavy atom. The van der Waals surface area contributed by atoms with Crippen molar-refractivity contribution in [2.24, 2.45) is 0 Å². The molecule has 0 nitrogen and oxygen atoms in total. The second-order valence-corrected chi connectivity index (χ2v) is 6.40. The minimum absolute atomic E-state index is 0.548. The number of halogens is 1. The molecule has 0 heterocycles. The van der Waals surface area contributed by atoms with Crippen LogP contribution in [-0.2, 0) is 0 Å². The standard InChI is InChI=1S/C17H21Br/c1-11(2)15-9-14(13-7-5-6-8-13)10-16(12(3)4)17(15)18/h5-7,9-12H,8H2,1-4H3. The lowest BCUT2D eigenvalue weighted by Crippen LogP contribution is -1.99. The van der Waals surface area contributed by atoms with Gasteiger partial charge in [0.15, 0.2) is 0 Å². The highest BCUT2D eigenvalue weighted by molar-refractivity contribution is 9.10. The predicted molar refractivity (Wildman–Crippen MR) is 84.1 cm³/mol. The Labute approximate surface area is 119 Å². The highest BCUT2D eigenvalue weighted by Crippen LogP contribution is 2.36. The zero-order valence-corrected chi connectivity index (χ0v) is 13.2. The van der Waals surface area contributed by atoms with Gasteiger partial charge in [0.25, 0.3) is 0 Å². The highest BCUT2D eigenvalue weighted by Gasteiger charge is 2.15. The normalized spacial score (nSPS) is 14.7. The van der Waals surface area contributed by atoms with Crippen LogP contribution in [0.4, 0.5) is 0 Å². The molecule has 1 aliphatic rings. The third kappa shape index (κ3) is 2.61. The molecule has 2 rings (SSSR count). The minimum atomic E-state index is 0.548. The van der Waals surface area contributed by atoms with Gasteiger partial charge in [0.1, 0.15) is 0 Å². The first kappa shape index (κ1) is 13.6. The Balaban J connectivity index is 2.55. The summed E-state index contributed by atoms with van der Waals surface area (Å²) in [7, 11) is 0. The number of rotatable bonds is 3. The van der Waals surface area contributed by atoms with Crippen LogP contribution >= 0.6 is 15.9 Å². The molecule has 0 bridgehead atoms. The molecule has 0 N–H and O–H groups in total. The van der Waals surface area contributed by atoms with Gasteiger partial charge in [-0.2, -0.15) is 0 Å². The first-order valence-electron chi connectivity index (χ1n) is 6.70. The summed E-state index contributed by atoms with van der Waals surface area (Å²) in [6, 6.07) is 4.69. The van der Waals surface area contributed by atoms with Crippen molar-refractivity contribution in [3.8, 4) is 0 Å². The molecule has 1 aromatic carbocycles. The largest absolute Gasteiger partial charge is 0.0801 e. The van der Waals surface area contributed by atoms with E-state index in [-0.39, 0.29) is 0 Å². The number of allylic oxidation sites excluding steroid dienone is 4. The summed E-state index contributed by atoms with van der Waals surface area (Å²) in [5.41, 5.74) is 5.66. The second-order valence-electron chi connectivity index (χ2n) is 5.60. The van der Waals surface area contributed by atoms with E-state index in [4.69, 9.17) is 0 Å². The van der Waals surface area contributed by atoms with E-state index in [0.717, 1.165) is 6.42 Å². The van der Waals surface area contributed by atoms with Crippen LogP contribution in [0, 0.1) is 0 Å². The van der Waals surface area contributed by atoms with E-state index < -0.39 is 0 Å². The molecule has 1 heteroatoms. The Kier molecular flexibility index (Phi) is 4.11. The lowest BCUT2D eigenvalue weighted by molar-refractivity contribution is 0.822. The van der Waals surface area contributed by atoms with Crippen molar-refractivity contribution >= 4 is 21.5 Å². The fourth-order valence-corrected chi connectivity index (χ4v) is 3.50. The Morgan fingerprint density at radius 3 is 1.94 bits per heavy atom. The topological polar surface area (TPSA) is 0 Å². The minimum Gasteiger partial charge on any atom is -0.0801 e. The van der Waals surface area contributed by atoms with Crippen molar-refractivity contribution in [3.63, 3.8) is 0 Å². The summed E-state index contributed by atoms with van der Waals surface area (Å²) in [6.45, 7) is 9.04. The zero-order valence-electron chi connectivity index (χ0n) is 11.6. The first-order chi connectivity index (χ1) is 8.50. The van der Waals surface area contributed by atoms with Crippen molar-refractivity contribution in [3.05, 3.63) is 51.5 Å². The summed E-state index contributed by atoms with van der Waals surface area (Å²) >= 11 is 3.79. The van der Waals surface area contributed by atoms with Crippen LogP contribution in [0.15, 0.2) is 34.8 Å². The van der Waals surface area contributed by atoms with Gasteiger partial charge in [0.05, 0.1) is 0 Å². The molecule has 0 amide bonds. The Hall–Kier alpha value is -0.820. The molecule has 0 saturated heterocycles. The monoisotopic (exact) mass is 304 g/mol. The van der Waals surface area contributed by atoms with Crippen LogP contribution in [0.3, 0.4) is 0 Å². The van der Waals surface area contributed by atoms with E-state index in [2.05, 4.69) is 74.0 Å². The SMILES string of the molecule is CC(C)c1cc(C2=CC=CC2)cc(C(C)C)c1Br. The van der Waals surface area contributed by atoms with Gasteiger partial charge < -0.3 is 0 Å². The summed E-state index contributed by atoms with van der Waals surface area (Å²) in [5.74, 6) is 1.10. The van der Waals surface area contributed by atoms with Crippen molar-refractivity contribution in [1.29, 1.82) is 0 Å². The van der Waals surface area contributed by atoms with Crippen LogP contribution in [0.5, 0.6) is 0 Å². The first-order valence-corrected chi connectivity index (χ1v) is 7.49. The van der Waals surface area contributed by atoms with E-state index in [1.54, 1.807) is 0 Å². The van der Waals surface area contributed by atoms with Crippen molar-refractivity contribution in [2.45, 2.75) is 46.0 Å². The van der Waals surface area contributed by atoms with Crippen molar-refractivity contribution < 1.29 is 0 Å². The molecule has 0 aliphatic heterocycles. The maximum absolute atomic E-state index is 3.79. The Bertz CT molecular complexity index is 475. The third-order valence-electron chi connectivity index (χ3n) is 3.51. The number of hydrogen-bond acceptors (Lipinski definition) is 0. The van der Waals surface area contributed by atoms with Gasteiger partial charge in [-0.15, -0.1) is 0 Å². The van der Waals surface area contributed by atoms with Crippen LogP contribution in [0.25, 0.3) is 5.57 Å². The maximum Gasteiger partial charge on any atom is 0.0244 e. The number of hydrogen-bond donors (Lipinski definition) is 0. The van der Waals surface area contributed by atoms with E-state index >= 15 is 0 Å². The molecule has 0 aromatic heterocycles.